The minimum Gasteiger partial charge on any atom is -0.343 e. The van der Waals surface area contributed by atoms with Gasteiger partial charge in [0.15, 0.2) is 5.54 Å². The number of rotatable bonds is 7. The fourth-order valence-corrected chi connectivity index (χ4v) is 6.42. The van der Waals surface area contributed by atoms with Crippen molar-refractivity contribution in [3.05, 3.63) is 52.5 Å². The zero-order valence-corrected chi connectivity index (χ0v) is 20.8. The first-order valence-corrected chi connectivity index (χ1v) is 13.6. The van der Waals surface area contributed by atoms with Crippen LogP contribution in [0.4, 0.5) is 4.79 Å². The molecule has 0 spiro atoms. The molecule has 0 radical (unpaired) electrons. The predicted molar refractivity (Wildman–Crippen MR) is 134 cm³/mol. The van der Waals surface area contributed by atoms with Crippen LogP contribution in [0.5, 0.6) is 0 Å². The van der Waals surface area contributed by atoms with Gasteiger partial charge in [-0.15, -0.1) is 0 Å². The van der Waals surface area contributed by atoms with Gasteiger partial charge in [-0.25, -0.2) is 4.79 Å². The van der Waals surface area contributed by atoms with Gasteiger partial charge >= 0.3 is 6.03 Å². The highest BCUT2D eigenvalue weighted by Crippen LogP contribution is 2.41. The quantitative estimate of drug-likeness (QED) is 0.596. The summed E-state index contributed by atoms with van der Waals surface area (Å²) >= 11 is 1.55. The Kier molecular flexibility index (Phi) is 7.15. The van der Waals surface area contributed by atoms with E-state index in [0.29, 0.717) is 37.9 Å². The molecule has 3 aliphatic rings. The fourth-order valence-electron chi connectivity index (χ4n) is 5.76. The molecule has 9 heteroatoms. The molecule has 1 N–H and O–H groups in total. The third-order valence-corrected chi connectivity index (χ3v) is 8.45. The Labute approximate surface area is 210 Å². The smallest absolute Gasteiger partial charge is 0.325 e. The van der Waals surface area contributed by atoms with Gasteiger partial charge in [0, 0.05) is 44.0 Å². The summed E-state index contributed by atoms with van der Waals surface area (Å²) in [7, 11) is 0. The standard InChI is InChI=1S/C26H33N5O3S/c32-23(8-13-29-11-2-1-3-12-29)30-14-6-21(7-15-30)26(22-5-4-10-27-17-22)24(33)31(25(34)28-26)18-20-9-16-35-19-20/h4-5,9-10,16-17,19,21H,1-3,6-8,11-15,18H2,(H,28,34). The van der Waals surface area contributed by atoms with E-state index in [9.17, 15) is 14.4 Å². The number of carbonyl (C=O) groups excluding carboxylic acids is 3. The van der Waals surface area contributed by atoms with E-state index in [1.807, 2.05) is 27.8 Å². The molecule has 5 heterocycles. The highest BCUT2D eigenvalue weighted by molar-refractivity contribution is 7.07. The second kappa shape index (κ2) is 10.5. The molecule has 5 rings (SSSR count). The van der Waals surface area contributed by atoms with Crippen molar-refractivity contribution in [2.24, 2.45) is 5.92 Å². The number of urea groups is 1. The number of aromatic nitrogens is 1. The maximum Gasteiger partial charge on any atom is 0.325 e. The topological polar surface area (TPSA) is 85.8 Å². The number of thiophene rings is 1. The lowest BCUT2D eigenvalue weighted by atomic mass is 9.73. The largest absolute Gasteiger partial charge is 0.343 e. The maximum atomic E-state index is 13.9. The average molecular weight is 496 g/mol. The number of carbonyl (C=O) groups is 3. The Hall–Kier alpha value is -2.78. The van der Waals surface area contributed by atoms with Gasteiger partial charge in [0.1, 0.15) is 0 Å². The van der Waals surface area contributed by atoms with Crippen molar-refractivity contribution in [3.8, 4) is 0 Å². The third kappa shape index (κ3) is 4.84. The number of hydrogen-bond acceptors (Lipinski definition) is 6. The molecule has 186 valence electrons. The Balaban J connectivity index is 1.29. The van der Waals surface area contributed by atoms with Crippen molar-refractivity contribution in [2.75, 3.05) is 32.7 Å². The first-order valence-electron chi connectivity index (χ1n) is 12.6. The summed E-state index contributed by atoms with van der Waals surface area (Å²) in [6, 6.07) is 5.24. The molecular weight excluding hydrogens is 462 g/mol. The second-order valence-corrected chi connectivity index (χ2v) is 10.6. The molecule has 0 bridgehead atoms. The minimum absolute atomic E-state index is 0.109. The van der Waals surface area contributed by atoms with E-state index in [0.717, 1.165) is 25.2 Å². The van der Waals surface area contributed by atoms with Crippen LogP contribution < -0.4 is 5.32 Å². The van der Waals surface area contributed by atoms with Gasteiger partial charge < -0.3 is 15.1 Å². The van der Waals surface area contributed by atoms with Crippen molar-refractivity contribution in [3.63, 3.8) is 0 Å². The van der Waals surface area contributed by atoms with Gasteiger partial charge in [0.05, 0.1) is 6.54 Å². The number of piperidine rings is 2. The van der Waals surface area contributed by atoms with Gasteiger partial charge in [-0.2, -0.15) is 11.3 Å². The lowest BCUT2D eigenvalue weighted by Crippen LogP contribution is -2.54. The van der Waals surface area contributed by atoms with E-state index < -0.39 is 5.54 Å². The summed E-state index contributed by atoms with van der Waals surface area (Å²) in [5.74, 6) is -0.149. The van der Waals surface area contributed by atoms with Crippen LogP contribution in [-0.2, 0) is 21.7 Å². The van der Waals surface area contributed by atoms with Crippen molar-refractivity contribution < 1.29 is 14.4 Å². The van der Waals surface area contributed by atoms with Crippen LogP contribution in [0.3, 0.4) is 0 Å². The molecule has 1 atom stereocenters. The number of pyridine rings is 1. The van der Waals surface area contributed by atoms with Gasteiger partial charge in [-0.3, -0.25) is 19.5 Å². The zero-order valence-electron chi connectivity index (χ0n) is 20.0. The number of amides is 4. The molecule has 2 aromatic heterocycles. The van der Waals surface area contributed by atoms with Crippen molar-refractivity contribution in [1.29, 1.82) is 0 Å². The molecule has 2 aromatic rings. The Morgan fingerprint density at radius 3 is 2.60 bits per heavy atom. The normalized spacial score (nSPS) is 24.1. The van der Waals surface area contributed by atoms with Gasteiger partial charge in [-0.05, 0) is 73.1 Å². The summed E-state index contributed by atoms with van der Waals surface area (Å²) < 4.78 is 0. The third-order valence-electron chi connectivity index (χ3n) is 7.72. The lowest BCUT2D eigenvalue weighted by Gasteiger charge is -2.41. The maximum absolute atomic E-state index is 13.9. The van der Waals surface area contributed by atoms with Gasteiger partial charge in [-0.1, -0.05) is 12.5 Å². The summed E-state index contributed by atoms with van der Waals surface area (Å²) in [5, 5.41) is 6.97. The van der Waals surface area contributed by atoms with Gasteiger partial charge in [0.2, 0.25) is 5.91 Å². The van der Waals surface area contributed by atoms with E-state index in [1.165, 1.54) is 24.2 Å². The van der Waals surface area contributed by atoms with E-state index in [4.69, 9.17) is 0 Å². The molecule has 8 nitrogen and oxygen atoms in total. The summed E-state index contributed by atoms with van der Waals surface area (Å²) in [5.41, 5.74) is 0.500. The number of hydrogen-bond donors (Lipinski definition) is 1. The van der Waals surface area contributed by atoms with Crippen LogP contribution >= 0.6 is 11.3 Å². The monoisotopic (exact) mass is 495 g/mol. The molecule has 0 aliphatic carbocycles. The van der Waals surface area contributed by atoms with E-state index in [-0.39, 0.29) is 30.3 Å². The highest BCUT2D eigenvalue weighted by atomic mass is 32.1. The Morgan fingerprint density at radius 2 is 1.91 bits per heavy atom. The van der Waals surface area contributed by atoms with Crippen LogP contribution in [0.2, 0.25) is 0 Å². The number of nitrogens with one attached hydrogen (secondary N) is 1. The molecular formula is C26H33N5O3S. The Morgan fingerprint density at radius 1 is 1.11 bits per heavy atom. The van der Waals surface area contributed by atoms with E-state index in [2.05, 4.69) is 15.2 Å². The SMILES string of the molecule is O=C(CCN1CCCCC1)N1CCC(C2(c3cccnc3)NC(=O)N(Cc3ccsc3)C2=O)CC1. The molecule has 3 aliphatic heterocycles. The molecule has 3 fully saturated rings. The van der Waals surface area contributed by atoms with E-state index in [1.54, 1.807) is 29.8 Å². The molecule has 1 unspecified atom stereocenters. The van der Waals surface area contributed by atoms with Crippen LogP contribution in [-0.4, -0.2) is 70.3 Å². The highest BCUT2D eigenvalue weighted by Gasteiger charge is 2.57. The molecule has 4 amide bonds. The number of nitrogens with zero attached hydrogens (tertiary/aromatic N) is 4. The molecule has 0 aromatic carbocycles. The first kappa shape index (κ1) is 23.9. The minimum atomic E-state index is -1.15. The zero-order chi connectivity index (χ0) is 24.3. The Bertz CT molecular complexity index is 1030. The molecule has 35 heavy (non-hydrogen) atoms. The first-order chi connectivity index (χ1) is 17.1. The second-order valence-electron chi connectivity index (χ2n) is 9.81. The van der Waals surface area contributed by atoms with Crippen molar-refractivity contribution in [2.45, 2.75) is 50.6 Å². The van der Waals surface area contributed by atoms with E-state index >= 15 is 0 Å². The average Bonchev–Trinajstić information content (AvgIpc) is 3.51. The summed E-state index contributed by atoms with van der Waals surface area (Å²) in [6.07, 6.45) is 8.94. The van der Waals surface area contributed by atoms with Crippen molar-refractivity contribution >= 4 is 29.2 Å². The van der Waals surface area contributed by atoms with Crippen LogP contribution in [0.15, 0.2) is 41.4 Å². The number of imide groups is 1. The molecule has 3 saturated heterocycles. The predicted octanol–water partition coefficient (Wildman–Crippen LogP) is 3.21. The van der Waals surface area contributed by atoms with Crippen molar-refractivity contribution in [1.82, 2.24) is 25.0 Å². The molecule has 0 saturated carbocycles. The number of likely N-dealkylation sites (tertiary alicyclic amines) is 2. The van der Waals surface area contributed by atoms with Crippen LogP contribution in [0.1, 0.15) is 49.7 Å². The lowest BCUT2D eigenvalue weighted by molar-refractivity contribution is -0.136. The summed E-state index contributed by atoms with van der Waals surface area (Å²) in [6.45, 7) is 4.45. The van der Waals surface area contributed by atoms with Crippen LogP contribution in [0, 0.1) is 5.92 Å². The summed E-state index contributed by atoms with van der Waals surface area (Å²) in [4.78, 5) is 49.8. The fraction of sp³-hybridized carbons (Fsp3) is 0.538. The van der Waals surface area contributed by atoms with Gasteiger partial charge in [0.25, 0.3) is 5.91 Å². The van der Waals surface area contributed by atoms with Crippen LogP contribution in [0.25, 0.3) is 0 Å².